The zero-order valence-corrected chi connectivity index (χ0v) is 11.7. The molecule has 1 aromatic rings. The van der Waals surface area contributed by atoms with Gasteiger partial charge in [-0.05, 0) is 5.92 Å². The van der Waals surface area contributed by atoms with E-state index in [4.69, 9.17) is 5.73 Å². The number of carbonyl (C=O) groups excluding carboxylic acids is 1. The van der Waals surface area contributed by atoms with Gasteiger partial charge in [-0.25, -0.2) is 4.98 Å². The summed E-state index contributed by atoms with van der Waals surface area (Å²) in [4.78, 5) is 20.5. The highest BCUT2D eigenvalue weighted by atomic mass is 32.1. The molecule has 2 heterocycles. The molecule has 0 unspecified atom stereocenters. The summed E-state index contributed by atoms with van der Waals surface area (Å²) in [6.45, 7) is 9.00. The smallest absolute Gasteiger partial charge is 0.273 e. The second-order valence-corrected chi connectivity index (χ2v) is 5.95. The monoisotopic (exact) mass is 268 g/mol. The Morgan fingerprint density at radius 1 is 1.44 bits per heavy atom. The fourth-order valence-electron chi connectivity index (χ4n) is 2.20. The van der Waals surface area contributed by atoms with Gasteiger partial charge in [-0.3, -0.25) is 9.69 Å². The number of aromatic nitrogens is 1. The second-order valence-electron chi connectivity index (χ2n) is 5.06. The summed E-state index contributed by atoms with van der Waals surface area (Å²) in [7, 11) is 0. The maximum absolute atomic E-state index is 12.1. The minimum absolute atomic E-state index is 0.00662. The van der Waals surface area contributed by atoms with Crippen LogP contribution in [0.5, 0.6) is 0 Å². The van der Waals surface area contributed by atoms with Crippen LogP contribution in [-0.4, -0.2) is 53.4 Å². The molecular weight excluding hydrogens is 248 g/mol. The SMILES string of the molecule is CC(C)CN1CCN(C(=O)c2csc(N)n2)CC1. The number of hydrogen-bond donors (Lipinski definition) is 1. The van der Waals surface area contributed by atoms with Crippen molar-refractivity contribution in [3.8, 4) is 0 Å². The third kappa shape index (κ3) is 3.20. The van der Waals surface area contributed by atoms with Crippen LogP contribution in [0.2, 0.25) is 0 Å². The molecule has 0 bridgehead atoms. The van der Waals surface area contributed by atoms with Gasteiger partial charge in [-0.15, -0.1) is 11.3 Å². The number of amides is 1. The molecule has 1 aliphatic rings. The van der Waals surface area contributed by atoms with E-state index in [1.165, 1.54) is 11.3 Å². The average Bonchev–Trinajstić information content (AvgIpc) is 2.75. The summed E-state index contributed by atoms with van der Waals surface area (Å²) in [6.07, 6.45) is 0. The lowest BCUT2D eigenvalue weighted by Gasteiger charge is -2.35. The summed E-state index contributed by atoms with van der Waals surface area (Å²) in [6, 6.07) is 0. The molecule has 1 aliphatic heterocycles. The number of nitrogens with zero attached hydrogens (tertiary/aromatic N) is 3. The summed E-state index contributed by atoms with van der Waals surface area (Å²) in [5.41, 5.74) is 6.03. The van der Waals surface area contributed by atoms with Gasteiger partial charge in [0.1, 0.15) is 5.69 Å². The van der Waals surface area contributed by atoms with Crippen LogP contribution in [0.25, 0.3) is 0 Å². The highest BCUT2D eigenvalue weighted by Gasteiger charge is 2.23. The molecule has 100 valence electrons. The standard InChI is InChI=1S/C12H20N4OS/c1-9(2)7-15-3-5-16(6-4-15)11(17)10-8-18-12(13)14-10/h8-9H,3-7H2,1-2H3,(H2,13,14). The van der Waals surface area contributed by atoms with E-state index in [9.17, 15) is 4.79 Å². The molecule has 1 amide bonds. The molecular formula is C12H20N4OS. The third-order valence-corrected chi connectivity index (χ3v) is 3.70. The molecule has 1 aromatic heterocycles. The van der Waals surface area contributed by atoms with Gasteiger partial charge in [0, 0.05) is 38.1 Å². The largest absolute Gasteiger partial charge is 0.375 e. The van der Waals surface area contributed by atoms with Gasteiger partial charge < -0.3 is 10.6 Å². The Balaban J connectivity index is 1.88. The van der Waals surface area contributed by atoms with Crippen molar-refractivity contribution in [1.29, 1.82) is 0 Å². The first-order valence-corrected chi connectivity index (χ1v) is 7.17. The van der Waals surface area contributed by atoms with Crippen molar-refractivity contribution in [3.05, 3.63) is 11.1 Å². The molecule has 0 aliphatic carbocycles. The van der Waals surface area contributed by atoms with Crippen LogP contribution in [0.15, 0.2) is 5.38 Å². The average molecular weight is 268 g/mol. The lowest BCUT2D eigenvalue weighted by atomic mass is 10.2. The van der Waals surface area contributed by atoms with Crippen molar-refractivity contribution in [1.82, 2.24) is 14.8 Å². The Bertz CT molecular complexity index is 410. The van der Waals surface area contributed by atoms with Crippen molar-refractivity contribution >= 4 is 22.4 Å². The van der Waals surface area contributed by atoms with Crippen LogP contribution >= 0.6 is 11.3 Å². The van der Waals surface area contributed by atoms with E-state index >= 15 is 0 Å². The molecule has 0 aromatic carbocycles. The Hall–Kier alpha value is -1.14. The topological polar surface area (TPSA) is 62.5 Å². The fraction of sp³-hybridized carbons (Fsp3) is 0.667. The van der Waals surface area contributed by atoms with Gasteiger partial charge in [-0.2, -0.15) is 0 Å². The molecule has 0 atom stereocenters. The molecule has 2 rings (SSSR count). The van der Waals surface area contributed by atoms with Gasteiger partial charge in [-0.1, -0.05) is 13.8 Å². The predicted molar refractivity (Wildman–Crippen MR) is 73.7 cm³/mol. The minimum atomic E-state index is 0.00662. The van der Waals surface area contributed by atoms with Crippen molar-refractivity contribution in [2.24, 2.45) is 5.92 Å². The second kappa shape index (κ2) is 5.67. The van der Waals surface area contributed by atoms with Gasteiger partial charge in [0.2, 0.25) is 0 Å². The first-order chi connectivity index (χ1) is 8.56. The number of anilines is 1. The van der Waals surface area contributed by atoms with E-state index in [1.807, 2.05) is 4.90 Å². The number of carbonyl (C=O) groups is 1. The molecule has 0 saturated carbocycles. The first-order valence-electron chi connectivity index (χ1n) is 6.29. The summed E-state index contributed by atoms with van der Waals surface area (Å²) < 4.78 is 0. The van der Waals surface area contributed by atoms with Crippen LogP contribution in [0, 0.1) is 5.92 Å². The Kier molecular flexibility index (Phi) is 4.19. The molecule has 1 fully saturated rings. The summed E-state index contributed by atoms with van der Waals surface area (Å²) in [5, 5.41) is 2.19. The Labute approximate surface area is 112 Å². The number of rotatable bonds is 3. The van der Waals surface area contributed by atoms with Crippen LogP contribution < -0.4 is 5.73 Å². The zero-order chi connectivity index (χ0) is 13.1. The van der Waals surface area contributed by atoms with Crippen LogP contribution in [0.4, 0.5) is 5.13 Å². The Morgan fingerprint density at radius 3 is 2.61 bits per heavy atom. The van der Waals surface area contributed by atoms with Crippen molar-refractivity contribution in [2.75, 3.05) is 38.5 Å². The van der Waals surface area contributed by atoms with Crippen molar-refractivity contribution in [3.63, 3.8) is 0 Å². The van der Waals surface area contributed by atoms with Gasteiger partial charge in [0.15, 0.2) is 5.13 Å². The molecule has 0 spiro atoms. The first kappa shape index (κ1) is 13.3. The third-order valence-electron chi connectivity index (χ3n) is 3.02. The lowest BCUT2D eigenvalue weighted by molar-refractivity contribution is 0.0619. The molecule has 6 heteroatoms. The maximum atomic E-state index is 12.1. The summed E-state index contributed by atoms with van der Waals surface area (Å²) in [5.74, 6) is 0.678. The van der Waals surface area contributed by atoms with E-state index in [1.54, 1.807) is 5.38 Å². The lowest BCUT2D eigenvalue weighted by Crippen LogP contribution is -2.49. The number of piperazine rings is 1. The summed E-state index contributed by atoms with van der Waals surface area (Å²) >= 11 is 1.31. The van der Waals surface area contributed by atoms with Crippen LogP contribution in [0.1, 0.15) is 24.3 Å². The molecule has 0 radical (unpaired) electrons. The molecule has 5 nitrogen and oxygen atoms in total. The molecule has 2 N–H and O–H groups in total. The van der Waals surface area contributed by atoms with Crippen LogP contribution in [-0.2, 0) is 0 Å². The Morgan fingerprint density at radius 2 is 2.11 bits per heavy atom. The maximum Gasteiger partial charge on any atom is 0.273 e. The number of nitrogens with two attached hydrogens (primary N) is 1. The van der Waals surface area contributed by atoms with Gasteiger partial charge >= 0.3 is 0 Å². The highest BCUT2D eigenvalue weighted by Crippen LogP contribution is 2.14. The van der Waals surface area contributed by atoms with Crippen molar-refractivity contribution in [2.45, 2.75) is 13.8 Å². The molecule has 1 saturated heterocycles. The van der Waals surface area contributed by atoms with Crippen LogP contribution in [0.3, 0.4) is 0 Å². The van der Waals surface area contributed by atoms with E-state index in [0.717, 1.165) is 32.7 Å². The zero-order valence-electron chi connectivity index (χ0n) is 10.9. The highest BCUT2D eigenvalue weighted by molar-refractivity contribution is 7.13. The quantitative estimate of drug-likeness (QED) is 0.893. The van der Waals surface area contributed by atoms with Gasteiger partial charge in [0.05, 0.1) is 0 Å². The normalized spacial score (nSPS) is 17.4. The number of nitrogen functional groups attached to an aromatic ring is 1. The van der Waals surface area contributed by atoms with E-state index in [-0.39, 0.29) is 5.91 Å². The predicted octanol–water partition coefficient (Wildman–Crippen LogP) is 1.14. The molecule has 18 heavy (non-hydrogen) atoms. The van der Waals surface area contributed by atoms with E-state index in [0.29, 0.717) is 16.7 Å². The fourth-order valence-corrected chi connectivity index (χ4v) is 2.73. The minimum Gasteiger partial charge on any atom is -0.375 e. The number of thiazole rings is 1. The van der Waals surface area contributed by atoms with E-state index in [2.05, 4.69) is 23.7 Å². The van der Waals surface area contributed by atoms with Crippen molar-refractivity contribution < 1.29 is 4.79 Å². The number of hydrogen-bond acceptors (Lipinski definition) is 5. The van der Waals surface area contributed by atoms with E-state index < -0.39 is 0 Å². The van der Waals surface area contributed by atoms with Gasteiger partial charge in [0.25, 0.3) is 5.91 Å².